The number of benzene rings is 2. The number of aromatic hydroxyl groups is 1. The molecule has 1 heterocycles. The van der Waals surface area contributed by atoms with Crippen LogP contribution in [0, 0.1) is 0 Å². The van der Waals surface area contributed by atoms with Crippen molar-refractivity contribution >= 4 is 22.9 Å². The minimum absolute atomic E-state index is 0.168. The molecule has 0 radical (unpaired) electrons. The van der Waals surface area contributed by atoms with Crippen molar-refractivity contribution in [3.05, 3.63) is 71.6 Å². The molecule has 0 aliphatic heterocycles. The Hall–Kier alpha value is -2.59. The fraction of sp³-hybridized carbons (Fsp3) is 0. The minimum atomic E-state index is -0.168. The fourth-order valence-corrected chi connectivity index (χ4v) is 2.71. The molecule has 0 spiro atoms. The lowest BCUT2D eigenvalue weighted by Crippen LogP contribution is -2.11. The van der Waals surface area contributed by atoms with Crippen molar-refractivity contribution in [2.24, 2.45) is 0 Å². The monoisotopic (exact) mass is 295 g/mol. The van der Waals surface area contributed by atoms with E-state index in [1.165, 1.54) is 17.0 Å². The zero-order valence-electron chi connectivity index (χ0n) is 11.1. The Labute approximate surface area is 126 Å². The van der Waals surface area contributed by atoms with Crippen LogP contribution in [0.2, 0.25) is 0 Å². The Kier molecular flexibility index (Phi) is 3.71. The van der Waals surface area contributed by atoms with Crippen LogP contribution in [0.4, 0.5) is 5.69 Å². The second-order valence-corrected chi connectivity index (χ2v) is 5.50. The second kappa shape index (κ2) is 5.81. The Morgan fingerprint density at radius 1 is 0.952 bits per heavy atom. The van der Waals surface area contributed by atoms with Gasteiger partial charge in [0.05, 0.1) is 0 Å². The van der Waals surface area contributed by atoms with E-state index in [-0.39, 0.29) is 11.7 Å². The van der Waals surface area contributed by atoms with Crippen molar-refractivity contribution < 1.29 is 9.90 Å². The van der Waals surface area contributed by atoms with Gasteiger partial charge < -0.3 is 10.4 Å². The number of thiophene rings is 1. The number of phenolic OH excluding ortho intramolecular Hbond substituents is 1. The van der Waals surface area contributed by atoms with Gasteiger partial charge in [0, 0.05) is 16.1 Å². The van der Waals surface area contributed by atoms with E-state index in [0.717, 1.165) is 5.56 Å². The van der Waals surface area contributed by atoms with Gasteiger partial charge in [0.15, 0.2) is 0 Å². The number of phenols is 1. The normalized spacial score (nSPS) is 10.3. The van der Waals surface area contributed by atoms with Gasteiger partial charge in [-0.25, -0.2) is 0 Å². The molecule has 3 rings (SSSR count). The van der Waals surface area contributed by atoms with Crippen LogP contribution in [-0.2, 0) is 0 Å². The first kappa shape index (κ1) is 13.4. The average molecular weight is 295 g/mol. The number of anilines is 1. The van der Waals surface area contributed by atoms with Crippen LogP contribution >= 0.6 is 11.3 Å². The molecule has 1 aromatic heterocycles. The maximum atomic E-state index is 12.1. The number of carbonyl (C=O) groups is 1. The SMILES string of the molecule is O=C(Nc1ccc(O)cc1)c1ccc(-c2cccs2)cc1. The molecule has 2 N–H and O–H groups in total. The molecule has 21 heavy (non-hydrogen) atoms. The second-order valence-electron chi connectivity index (χ2n) is 4.56. The topological polar surface area (TPSA) is 49.3 Å². The molecule has 0 unspecified atom stereocenters. The average Bonchev–Trinajstić information content (AvgIpc) is 3.04. The van der Waals surface area contributed by atoms with Crippen LogP contribution < -0.4 is 5.32 Å². The number of hydrogen-bond acceptors (Lipinski definition) is 3. The number of amides is 1. The van der Waals surface area contributed by atoms with Gasteiger partial charge in [-0.2, -0.15) is 0 Å². The molecule has 3 aromatic rings. The zero-order chi connectivity index (χ0) is 14.7. The highest BCUT2D eigenvalue weighted by Gasteiger charge is 2.07. The maximum Gasteiger partial charge on any atom is 0.255 e. The minimum Gasteiger partial charge on any atom is -0.508 e. The third kappa shape index (κ3) is 3.12. The van der Waals surface area contributed by atoms with E-state index in [4.69, 9.17) is 0 Å². The van der Waals surface area contributed by atoms with Crippen molar-refractivity contribution in [2.75, 3.05) is 5.32 Å². The van der Waals surface area contributed by atoms with E-state index >= 15 is 0 Å². The summed E-state index contributed by atoms with van der Waals surface area (Å²) >= 11 is 1.67. The lowest BCUT2D eigenvalue weighted by Gasteiger charge is -2.06. The summed E-state index contributed by atoms with van der Waals surface area (Å²) in [5, 5.41) is 14.0. The van der Waals surface area contributed by atoms with Crippen LogP contribution in [0.3, 0.4) is 0 Å². The highest BCUT2D eigenvalue weighted by Crippen LogP contribution is 2.25. The Balaban J connectivity index is 1.74. The zero-order valence-corrected chi connectivity index (χ0v) is 11.9. The van der Waals surface area contributed by atoms with Gasteiger partial charge in [0.1, 0.15) is 5.75 Å². The van der Waals surface area contributed by atoms with Crippen LogP contribution in [0.5, 0.6) is 5.75 Å². The third-order valence-corrected chi connectivity index (χ3v) is 4.00. The molecule has 0 aliphatic carbocycles. The van der Waals surface area contributed by atoms with Gasteiger partial charge in [-0.05, 0) is 53.4 Å². The van der Waals surface area contributed by atoms with E-state index in [1.807, 2.05) is 35.7 Å². The number of nitrogens with one attached hydrogen (secondary N) is 1. The van der Waals surface area contributed by atoms with Gasteiger partial charge >= 0.3 is 0 Å². The first-order valence-corrected chi connectivity index (χ1v) is 7.35. The molecule has 0 bridgehead atoms. The first-order valence-electron chi connectivity index (χ1n) is 6.47. The molecule has 0 saturated heterocycles. The van der Waals surface area contributed by atoms with E-state index in [1.54, 1.807) is 23.5 Å². The summed E-state index contributed by atoms with van der Waals surface area (Å²) in [6, 6.07) is 18.0. The number of carbonyl (C=O) groups excluding carboxylic acids is 1. The van der Waals surface area contributed by atoms with Crippen molar-refractivity contribution in [1.29, 1.82) is 0 Å². The Morgan fingerprint density at radius 2 is 1.67 bits per heavy atom. The highest BCUT2D eigenvalue weighted by molar-refractivity contribution is 7.13. The van der Waals surface area contributed by atoms with E-state index in [2.05, 4.69) is 11.4 Å². The van der Waals surface area contributed by atoms with Crippen LogP contribution in [0.1, 0.15) is 10.4 Å². The van der Waals surface area contributed by atoms with Crippen LogP contribution in [-0.4, -0.2) is 11.0 Å². The highest BCUT2D eigenvalue weighted by atomic mass is 32.1. The molecule has 0 saturated carbocycles. The molecule has 1 amide bonds. The predicted octanol–water partition coefficient (Wildman–Crippen LogP) is 4.37. The number of rotatable bonds is 3. The number of hydrogen-bond donors (Lipinski definition) is 2. The van der Waals surface area contributed by atoms with Gasteiger partial charge in [0.25, 0.3) is 5.91 Å². The molecular formula is C17H13NO2S. The first-order chi connectivity index (χ1) is 10.2. The van der Waals surface area contributed by atoms with Crippen molar-refractivity contribution in [2.45, 2.75) is 0 Å². The predicted molar refractivity (Wildman–Crippen MR) is 85.8 cm³/mol. The lowest BCUT2D eigenvalue weighted by atomic mass is 10.1. The largest absolute Gasteiger partial charge is 0.508 e. The van der Waals surface area contributed by atoms with Crippen molar-refractivity contribution in [3.63, 3.8) is 0 Å². The quantitative estimate of drug-likeness (QED) is 0.705. The Bertz CT molecular complexity index is 731. The standard InChI is InChI=1S/C17H13NO2S/c19-15-9-7-14(8-10-15)18-17(20)13-5-3-12(4-6-13)16-2-1-11-21-16/h1-11,19H,(H,18,20). The van der Waals surface area contributed by atoms with E-state index in [0.29, 0.717) is 11.3 Å². The molecule has 0 aliphatic rings. The maximum absolute atomic E-state index is 12.1. The van der Waals surface area contributed by atoms with Gasteiger partial charge in [-0.1, -0.05) is 18.2 Å². The summed E-state index contributed by atoms with van der Waals surface area (Å²) in [6.07, 6.45) is 0. The van der Waals surface area contributed by atoms with Gasteiger partial charge in [0.2, 0.25) is 0 Å². The lowest BCUT2D eigenvalue weighted by molar-refractivity contribution is 0.102. The smallest absolute Gasteiger partial charge is 0.255 e. The molecule has 0 fully saturated rings. The van der Waals surface area contributed by atoms with E-state index in [9.17, 15) is 9.90 Å². The molecular weight excluding hydrogens is 282 g/mol. The summed E-state index contributed by atoms with van der Waals surface area (Å²) in [6.45, 7) is 0. The van der Waals surface area contributed by atoms with Crippen molar-refractivity contribution in [3.8, 4) is 16.2 Å². The molecule has 3 nitrogen and oxygen atoms in total. The molecule has 2 aromatic carbocycles. The van der Waals surface area contributed by atoms with Gasteiger partial charge in [-0.3, -0.25) is 4.79 Å². The molecule has 4 heteroatoms. The summed E-state index contributed by atoms with van der Waals surface area (Å²) in [4.78, 5) is 13.3. The van der Waals surface area contributed by atoms with Crippen LogP contribution in [0.15, 0.2) is 66.0 Å². The summed E-state index contributed by atoms with van der Waals surface area (Å²) in [7, 11) is 0. The van der Waals surface area contributed by atoms with Crippen molar-refractivity contribution in [1.82, 2.24) is 0 Å². The summed E-state index contributed by atoms with van der Waals surface area (Å²) in [5.74, 6) is 0.00622. The Morgan fingerprint density at radius 3 is 2.29 bits per heavy atom. The fourth-order valence-electron chi connectivity index (χ4n) is 1.98. The van der Waals surface area contributed by atoms with Gasteiger partial charge in [-0.15, -0.1) is 11.3 Å². The summed E-state index contributed by atoms with van der Waals surface area (Å²) in [5.41, 5.74) is 2.36. The molecule has 104 valence electrons. The van der Waals surface area contributed by atoms with Crippen LogP contribution in [0.25, 0.3) is 10.4 Å². The van der Waals surface area contributed by atoms with E-state index < -0.39 is 0 Å². The third-order valence-electron chi connectivity index (χ3n) is 3.08. The molecule has 0 atom stereocenters. The summed E-state index contributed by atoms with van der Waals surface area (Å²) < 4.78 is 0.